The zero-order valence-electron chi connectivity index (χ0n) is 9.59. The van der Waals surface area contributed by atoms with Gasteiger partial charge in [-0.3, -0.25) is 4.79 Å². The Hall–Kier alpha value is -0.780. The molecule has 2 aliphatic heterocycles. The lowest BCUT2D eigenvalue weighted by molar-refractivity contribution is -0.186. The van der Waals surface area contributed by atoms with Gasteiger partial charge >= 0.3 is 12.1 Å². The maximum atomic E-state index is 12.2. The summed E-state index contributed by atoms with van der Waals surface area (Å²) in [5.74, 6) is -0.509. The van der Waals surface area contributed by atoms with E-state index >= 15 is 0 Å². The van der Waals surface area contributed by atoms with Crippen molar-refractivity contribution in [3.05, 3.63) is 0 Å². The summed E-state index contributed by atoms with van der Waals surface area (Å²) in [6.07, 6.45) is -2.22. The summed E-state index contributed by atoms with van der Waals surface area (Å²) >= 11 is 0. The Labute approximate surface area is 98.3 Å². The Balaban J connectivity index is 1.75. The quantitative estimate of drug-likeness (QED) is 0.803. The van der Waals surface area contributed by atoms with E-state index in [4.69, 9.17) is 0 Å². The number of hydrogen-bond acceptors (Lipinski definition) is 2. The van der Waals surface area contributed by atoms with Crippen molar-refractivity contribution >= 4 is 5.91 Å². The van der Waals surface area contributed by atoms with Crippen LogP contribution in [0.3, 0.4) is 0 Å². The molecule has 0 spiro atoms. The van der Waals surface area contributed by atoms with Gasteiger partial charge < -0.3 is 10.2 Å². The first-order valence-corrected chi connectivity index (χ1v) is 6.03. The van der Waals surface area contributed by atoms with Gasteiger partial charge in [0.15, 0.2) is 0 Å². The van der Waals surface area contributed by atoms with E-state index in [1.807, 2.05) is 0 Å². The molecule has 3 nitrogen and oxygen atoms in total. The van der Waals surface area contributed by atoms with Crippen LogP contribution in [0.15, 0.2) is 0 Å². The number of alkyl halides is 3. The van der Waals surface area contributed by atoms with E-state index in [0.29, 0.717) is 24.7 Å². The number of nitrogens with one attached hydrogen (secondary N) is 1. The minimum absolute atomic E-state index is 0.253. The third-order valence-electron chi connectivity index (χ3n) is 3.68. The molecule has 98 valence electrons. The maximum absolute atomic E-state index is 12.2. The standard InChI is InChI=1S/C11H17F3N2O/c12-11(13,14)10(17)16-3-1-8(2-4-16)5-9-6-15-7-9/h8-9,15H,1-7H2. The molecular formula is C11H17F3N2O. The molecule has 0 aliphatic carbocycles. The average molecular weight is 250 g/mol. The predicted molar refractivity (Wildman–Crippen MR) is 56.3 cm³/mol. The molecule has 0 aromatic rings. The number of carbonyl (C=O) groups excluding carboxylic acids is 1. The fourth-order valence-corrected chi connectivity index (χ4v) is 2.54. The van der Waals surface area contributed by atoms with E-state index in [1.54, 1.807) is 0 Å². The van der Waals surface area contributed by atoms with Gasteiger partial charge in [-0.2, -0.15) is 13.2 Å². The van der Waals surface area contributed by atoms with Crippen LogP contribution in [0, 0.1) is 11.8 Å². The summed E-state index contributed by atoms with van der Waals surface area (Å²) in [5, 5.41) is 3.18. The maximum Gasteiger partial charge on any atom is 0.471 e. The van der Waals surface area contributed by atoms with Crippen LogP contribution >= 0.6 is 0 Å². The Morgan fingerprint density at radius 3 is 2.18 bits per heavy atom. The topological polar surface area (TPSA) is 32.3 Å². The van der Waals surface area contributed by atoms with Gasteiger partial charge in [0.05, 0.1) is 0 Å². The number of amides is 1. The highest BCUT2D eigenvalue weighted by Gasteiger charge is 2.43. The van der Waals surface area contributed by atoms with Crippen LogP contribution in [0.2, 0.25) is 0 Å². The van der Waals surface area contributed by atoms with Gasteiger partial charge in [-0.25, -0.2) is 0 Å². The number of piperidine rings is 1. The Bertz CT molecular complexity index is 281. The lowest BCUT2D eigenvalue weighted by Crippen LogP contribution is -2.47. The molecule has 17 heavy (non-hydrogen) atoms. The van der Waals surface area contributed by atoms with Crippen molar-refractivity contribution in [2.24, 2.45) is 11.8 Å². The molecule has 1 amide bonds. The van der Waals surface area contributed by atoms with Gasteiger partial charge in [-0.15, -0.1) is 0 Å². The molecule has 0 atom stereocenters. The van der Waals surface area contributed by atoms with Crippen LogP contribution in [0.1, 0.15) is 19.3 Å². The van der Waals surface area contributed by atoms with Crippen molar-refractivity contribution in [2.75, 3.05) is 26.2 Å². The second kappa shape index (κ2) is 4.84. The molecule has 0 aromatic heterocycles. The Kier molecular flexibility index (Phi) is 3.61. The van der Waals surface area contributed by atoms with Crippen LogP contribution in [0.4, 0.5) is 13.2 Å². The highest BCUT2D eigenvalue weighted by molar-refractivity contribution is 5.81. The van der Waals surface area contributed by atoms with E-state index in [-0.39, 0.29) is 13.1 Å². The third kappa shape index (κ3) is 3.12. The normalized spacial score (nSPS) is 23.6. The molecule has 0 radical (unpaired) electrons. The molecule has 1 N–H and O–H groups in total. The van der Waals surface area contributed by atoms with Crippen LogP contribution in [-0.4, -0.2) is 43.2 Å². The fraction of sp³-hybridized carbons (Fsp3) is 0.909. The molecule has 6 heteroatoms. The number of rotatable bonds is 2. The van der Waals surface area contributed by atoms with Gasteiger partial charge in [0.25, 0.3) is 0 Å². The first-order valence-electron chi connectivity index (χ1n) is 6.03. The molecule has 2 fully saturated rings. The van der Waals surface area contributed by atoms with Gasteiger partial charge in [-0.05, 0) is 44.2 Å². The van der Waals surface area contributed by atoms with Gasteiger partial charge in [0.1, 0.15) is 0 Å². The van der Waals surface area contributed by atoms with Crippen molar-refractivity contribution in [2.45, 2.75) is 25.4 Å². The van der Waals surface area contributed by atoms with Crippen LogP contribution < -0.4 is 5.32 Å². The minimum Gasteiger partial charge on any atom is -0.335 e. The van der Waals surface area contributed by atoms with Crippen molar-refractivity contribution in [3.8, 4) is 0 Å². The molecular weight excluding hydrogens is 233 g/mol. The third-order valence-corrected chi connectivity index (χ3v) is 3.68. The van der Waals surface area contributed by atoms with E-state index in [1.165, 1.54) is 0 Å². The monoisotopic (exact) mass is 250 g/mol. The molecule has 0 bridgehead atoms. The summed E-state index contributed by atoms with van der Waals surface area (Å²) in [6.45, 7) is 2.57. The second-order valence-electron chi connectivity index (χ2n) is 4.99. The van der Waals surface area contributed by atoms with Crippen LogP contribution in [0.5, 0.6) is 0 Å². The van der Waals surface area contributed by atoms with Crippen molar-refractivity contribution in [3.63, 3.8) is 0 Å². The van der Waals surface area contributed by atoms with Crippen molar-refractivity contribution in [1.29, 1.82) is 0 Å². The molecule has 2 aliphatic rings. The summed E-state index contributed by atoms with van der Waals surface area (Å²) in [7, 11) is 0. The largest absolute Gasteiger partial charge is 0.471 e. The summed E-state index contributed by atoms with van der Waals surface area (Å²) < 4.78 is 36.6. The molecule has 0 unspecified atom stereocenters. The summed E-state index contributed by atoms with van der Waals surface area (Å²) in [6, 6.07) is 0. The van der Waals surface area contributed by atoms with Gasteiger partial charge in [0.2, 0.25) is 0 Å². The number of likely N-dealkylation sites (tertiary alicyclic amines) is 1. The number of nitrogens with zero attached hydrogens (tertiary/aromatic N) is 1. The number of carbonyl (C=O) groups is 1. The molecule has 0 saturated carbocycles. The van der Waals surface area contributed by atoms with E-state index in [0.717, 1.165) is 24.4 Å². The second-order valence-corrected chi connectivity index (χ2v) is 4.99. The lowest BCUT2D eigenvalue weighted by Gasteiger charge is -2.36. The number of halogens is 3. The fourth-order valence-electron chi connectivity index (χ4n) is 2.54. The van der Waals surface area contributed by atoms with E-state index in [2.05, 4.69) is 5.32 Å². The first kappa shape index (κ1) is 12.7. The summed E-state index contributed by atoms with van der Waals surface area (Å²) in [5.41, 5.74) is 0. The molecule has 0 aromatic carbocycles. The Morgan fingerprint density at radius 1 is 1.18 bits per heavy atom. The first-order chi connectivity index (χ1) is 7.97. The Morgan fingerprint density at radius 2 is 1.76 bits per heavy atom. The van der Waals surface area contributed by atoms with E-state index < -0.39 is 12.1 Å². The van der Waals surface area contributed by atoms with Crippen molar-refractivity contribution < 1.29 is 18.0 Å². The molecule has 2 saturated heterocycles. The van der Waals surface area contributed by atoms with Crippen molar-refractivity contribution in [1.82, 2.24) is 10.2 Å². The average Bonchev–Trinajstić information content (AvgIpc) is 2.22. The predicted octanol–water partition coefficient (Wildman–Crippen LogP) is 1.40. The van der Waals surface area contributed by atoms with E-state index in [9.17, 15) is 18.0 Å². The zero-order chi connectivity index (χ0) is 12.5. The van der Waals surface area contributed by atoms with Gasteiger partial charge in [0, 0.05) is 13.1 Å². The SMILES string of the molecule is O=C(N1CCC(CC2CNC2)CC1)C(F)(F)F. The minimum atomic E-state index is -4.72. The van der Waals surface area contributed by atoms with Gasteiger partial charge in [-0.1, -0.05) is 0 Å². The smallest absolute Gasteiger partial charge is 0.335 e. The number of hydrogen-bond donors (Lipinski definition) is 1. The highest BCUT2D eigenvalue weighted by Crippen LogP contribution is 2.28. The van der Waals surface area contributed by atoms with Crippen LogP contribution in [-0.2, 0) is 4.79 Å². The summed E-state index contributed by atoms with van der Waals surface area (Å²) in [4.78, 5) is 11.9. The molecule has 2 heterocycles. The zero-order valence-corrected chi connectivity index (χ0v) is 9.59. The van der Waals surface area contributed by atoms with Crippen LogP contribution in [0.25, 0.3) is 0 Å². The highest BCUT2D eigenvalue weighted by atomic mass is 19.4. The lowest BCUT2D eigenvalue weighted by atomic mass is 9.84. The molecule has 2 rings (SSSR count).